The first kappa shape index (κ1) is 20.6. The second kappa shape index (κ2) is 7.89. The van der Waals surface area contributed by atoms with Gasteiger partial charge in [-0.1, -0.05) is 0 Å². The zero-order chi connectivity index (χ0) is 20.8. The molecule has 160 valence electrons. The predicted molar refractivity (Wildman–Crippen MR) is 107 cm³/mol. The van der Waals surface area contributed by atoms with E-state index < -0.39 is 12.1 Å². The number of fused-ring (bicyclic) bond motifs is 1. The normalized spacial score (nSPS) is 27.1. The van der Waals surface area contributed by atoms with Gasteiger partial charge in [0.15, 0.2) is 5.65 Å². The standard InChI is InChI=1S/C22H31F3N4/c1-14(2)28-10-4-5-17(13-28)20-11-15(3)26-21-12-19(27-29(20)21)16-6-8-18(9-7-16)22(23,24)25/h11-12,14,16-18H,4-10,13H2,1-3H3/t16?,17-,18?/m1/s1. The van der Waals surface area contributed by atoms with Gasteiger partial charge in [0.1, 0.15) is 0 Å². The lowest BCUT2D eigenvalue weighted by Crippen LogP contribution is -2.39. The summed E-state index contributed by atoms with van der Waals surface area (Å²) in [6.45, 7) is 8.63. The van der Waals surface area contributed by atoms with Crippen molar-refractivity contribution in [1.29, 1.82) is 0 Å². The molecule has 0 N–H and O–H groups in total. The van der Waals surface area contributed by atoms with Crippen molar-refractivity contribution >= 4 is 5.65 Å². The maximum atomic E-state index is 13.0. The SMILES string of the molecule is Cc1cc([C@@H]2CCCN(C(C)C)C2)n2nc(C3CCC(C(F)(F)F)CC3)cc2n1. The number of alkyl halides is 3. The Kier molecular flexibility index (Phi) is 5.62. The van der Waals surface area contributed by atoms with Crippen LogP contribution in [0.3, 0.4) is 0 Å². The van der Waals surface area contributed by atoms with E-state index in [2.05, 4.69) is 29.8 Å². The minimum Gasteiger partial charge on any atom is -0.300 e. The molecule has 4 rings (SSSR count). The first-order chi connectivity index (χ1) is 13.7. The fourth-order valence-electron chi connectivity index (χ4n) is 5.07. The number of piperidine rings is 1. The summed E-state index contributed by atoms with van der Waals surface area (Å²) < 4.78 is 41.0. The van der Waals surface area contributed by atoms with E-state index in [9.17, 15) is 13.2 Å². The number of hydrogen-bond donors (Lipinski definition) is 0. The zero-order valence-electron chi connectivity index (χ0n) is 17.5. The summed E-state index contributed by atoms with van der Waals surface area (Å²) in [6, 6.07) is 4.66. The van der Waals surface area contributed by atoms with E-state index in [4.69, 9.17) is 5.10 Å². The lowest BCUT2D eigenvalue weighted by Gasteiger charge is -2.35. The first-order valence-electron chi connectivity index (χ1n) is 10.9. The van der Waals surface area contributed by atoms with Crippen LogP contribution in [0.15, 0.2) is 12.1 Å². The molecule has 29 heavy (non-hydrogen) atoms. The van der Waals surface area contributed by atoms with Gasteiger partial charge in [-0.3, -0.25) is 0 Å². The molecule has 0 spiro atoms. The lowest BCUT2D eigenvalue weighted by molar-refractivity contribution is -0.182. The fourth-order valence-corrected chi connectivity index (χ4v) is 5.07. The van der Waals surface area contributed by atoms with Gasteiger partial charge in [0.25, 0.3) is 0 Å². The van der Waals surface area contributed by atoms with E-state index in [-0.39, 0.29) is 18.8 Å². The number of hydrogen-bond acceptors (Lipinski definition) is 3. The van der Waals surface area contributed by atoms with Crippen LogP contribution in [0.1, 0.15) is 81.3 Å². The Hall–Kier alpha value is -1.63. The molecule has 2 aliphatic rings. The third-order valence-electron chi connectivity index (χ3n) is 6.81. The molecule has 2 aromatic rings. The minimum atomic E-state index is -4.07. The number of nitrogens with zero attached hydrogens (tertiary/aromatic N) is 4. The van der Waals surface area contributed by atoms with E-state index in [1.165, 1.54) is 12.1 Å². The highest BCUT2D eigenvalue weighted by Gasteiger charge is 2.42. The van der Waals surface area contributed by atoms with Crippen LogP contribution in [-0.4, -0.2) is 44.8 Å². The predicted octanol–water partition coefficient (Wildman–Crippen LogP) is 5.46. The van der Waals surface area contributed by atoms with Crippen LogP contribution >= 0.6 is 0 Å². The van der Waals surface area contributed by atoms with E-state index in [0.29, 0.717) is 24.8 Å². The number of halogens is 3. The van der Waals surface area contributed by atoms with Gasteiger partial charge in [-0.05, 0) is 71.9 Å². The lowest BCUT2D eigenvalue weighted by atomic mass is 9.80. The number of aromatic nitrogens is 3. The molecule has 1 aliphatic heterocycles. The molecule has 2 fully saturated rings. The molecule has 0 unspecified atom stereocenters. The molecule has 0 aromatic carbocycles. The van der Waals surface area contributed by atoms with Gasteiger partial charge in [0.05, 0.1) is 17.3 Å². The summed E-state index contributed by atoms with van der Waals surface area (Å²) >= 11 is 0. The third kappa shape index (κ3) is 4.30. The Balaban J connectivity index is 1.59. The Morgan fingerprint density at radius 1 is 1.03 bits per heavy atom. The molecule has 4 nitrogen and oxygen atoms in total. The molecule has 0 amide bonds. The van der Waals surface area contributed by atoms with Crippen molar-refractivity contribution in [3.8, 4) is 0 Å². The largest absolute Gasteiger partial charge is 0.391 e. The van der Waals surface area contributed by atoms with Crippen LogP contribution in [0, 0.1) is 12.8 Å². The molecule has 7 heteroatoms. The maximum Gasteiger partial charge on any atom is 0.391 e. The first-order valence-corrected chi connectivity index (χ1v) is 10.9. The molecule has 0 radical (unpaired) electrons. The zero-order valence-corrected chi connectivity index (χ0v) is 17.5. The number of aryl methyl sites for hydroxylation is 1. The average Bonchev–Trinajstić information content (AvgIpc) is 3.10. The smallest absolute Gasteiger partial charge is 0.300 e. The molecular weight excluding hydrogens is 377 g/mol. The van der Waals surface area contributed by atoms with Crippen LogP contribution in [0.5, 0.6) is 0 Å². The second-order valence-electron chi connectivity index (χ2n) is 9.18. The van der Waals surface area contributed by atoms with E-state index in [1.807, 2.05) is 17.5 Å². The van der Waals surface area contributed by atoms with Gasteiger partial charge in [0, 0.05) is 36.2 Å². The van der Waals surface area contributed by atoms with Gasteiger partial charge < -0.3 is 4.90 Å². The summed E-state index contributed by atoms with van der Waals surface area (Å²) in [4.78, 5) is 7.17. The van der Waals surface area contributed by atoms with Crippen molar-refractivity contribution in [3.63, 3.8) is 0 Å². The van der Waals surface area contributed by atoms with Crippen LogP contribution in [0.4, 0.5) is 13.2 Å². The van der Waals surface area contributed by atoms with Crippen molar-refractivity contribution in [1.82, 2.24) is 19.5 Å². The summed E-state index contributed by atoms with van der Waals surface area (Å²) in [5.41, 5.74) is 3.89. The highest BCUT2D eigenvalue weighted by Crippen LogP contribution is 2.42. The van der Waals surface area contributed by atoms with Crippen LogP contribution < -0.4 is 0 Å². The van der Waals surface area contributed by atoms with Gasteiger partial charge in [-0.2, -0.15) is 18.3 Å². The minimum absolute atomic E-state index is 0.0991. The molecule has 1 saturated carbocycles. The third-order valence-corrected chi connectivity index (χ3v) is 6.81. The van der Waals surface area contributed by atoms with Gasteiger partial charge in [-0.25, -0.2) is 9.50 Å². The maximum absolute atomic E-state index is 13.0. The van der Waals surface area contributed by atoms with Crippen molar-refractivity contribution in [3.05, 3.63) is 29.2 Å². The average molecular weight is 409 g/mol. The van der Waals surface area contributed by atoms with Crippen molar-refractivity contribution < 1.29 is 13.2 Å². The molecular formula is C22H31F3N4. The highest BCUT2D eigenvalue weighted by atomic mass is 19.4. The molecule has 2 aromatic heterocycles. The molecule has 0 bridgehead atoms. The Labute approximate surface area is 170 Å². The van der Waals surface area contributed by atoms with E-state index in [0.717, 1.165) is 36.5 Å². The molecule has 3 heterocycles. The quantitative estimate of drug-likeness (QED) is 0.676. The van der Waals surface area contributed by atoms with Crippen LogP contribution in [0.2, 0.25) is 0 Å². The van der Waals surface area contributed by atoms with Gasteiger partial charge in [0.2, 0.25) is 0 Å². The second-order valence-corrected chi connectivity index (χ2v) is 9.18. The molecule has 1 atom stereocenters. The van der Waals surface area contributed by atoms with Crippen molar-refractivity contribution in [2.75, 3.05) is 13.1 Å². The monoisotopic (exact) mass is 408 g/mol. The summed E-state index contributed by atoms with van der Waals surface area (Å²) in [5, 5.41) is 4.86. The molecule has 1 saturated heterocycles. The van der Waals surface area contributed by atoms with Crippen LogP contribution in [-0.2, 0) is 0 Å². The number of rotatable bonds is 3. The Morgan fingerprint density at radius 3 is 2.41 bits per heavy atom. The van der Waals surface area contributed by atoms with Gasteiger partial charge in [-0.15, -0.1) is 0 Å². The molecule has 1 aliphatic carbocycles. The summed E-state index contributed by atoms with van der Waals surface area (Å²) in [7, 11) is 0. The van der Waals surface area contributed by atoms with Crippen molar-refractivity contribution in [2.24, 2.45) is 5.92 Å². The summed E-state index contributed by atoms with van der Waals surface area (Å²) in [6.07, 6.45) is -0.269. The topological polar surface area (TPSA) is 33.4 Å². The highest BCUT2D eigenvalue weighted by molar-refractivity contribution is 5.43. The Morgan fingerprint density at radius 2 is 1.76 bits per heavy atom. The number of likely N-dealkylation sites (tertiary alicyclic amines) is 1. The van der Waals surface area contributed by atoms with Crippen LogP contribution in [0.25, 0.3) is 5.65 Å². The van der Waals surface area contributed by atoms with Crippen molar-refractivity contribution in [2.45, 2.75) is 83.4 Å². The van der Waals surface area contributed by atoms with E-state index >= 15 is 0 Å². The van der Waals surface area contributed by atoms with E-state index in [1.54, 1.807) is 0 Å². The van der Waals surface area contributed by atoms with Gasteiger partial charge >= 0.3 is 6.18 Å². The Bertz CT molecular complexity index is 850. The summed E-state index contributed by atoms with van der Waals surface area (Å²) in [5.74, 6) is -0.651. The fraction of sp³-hybridized carbons (Fsp3) is 0.727.